The van der Waals surface area contributed by atoms with Crippen molar-refractivity contribution >= 4 is 28.3 Å². The van der Waals surface area contributed by atoms with Gasteiger partial charge in [0, 0.05) is 5.38 Å². The van der Waals surface area contributed by atoms with E-state index in [1.165, 1.54) is 11.3 Å². The lowest BCUT2D eigenvalue weighted by Gasteiger charge is -2.40. The zero-order valence-corrected chi connectivity index (χ0v) is 13.7. The normalized spacial score (nSPS) is 15.5. The Morgan fingerprint density at radius 1 is 1.30 bits per heavy atom. The monoisotopic (exact) mass is 330 g/mol. The van der Waals surface area contributed by atoms with Crippen molar-refractivity contribution in [1.29, 1.82) is 0 Å². The van der Waals surface area contributed by atoms with Gasteiger partial charge in [0.25, 0.3) is 0 Å². The SMILES string of the molecule is CCOC(=O)c1csc(NC(=O)C2(c3ccccc3)CCC2)n1. The Morgan fingerprint density at radius 3 is 2.65 bits per heavy atom. The minimum Gasteiger partial charge on any atom is -0.461 e. The highest BCUT2D eigenvalue weighted by atomic mass is 32.1. The summed E-state index contributed by atoms with van der Waals surface area (Å²) in [6, 6.07) is 9.82. The number of amides is 1. The zero-order valence-electron chi connectivity index (χ0n) is 12.9. The van der Waals surface area contributed by atoms with Crippen LogP contribution in [0.3, 0.4) is 0 Å². The van der Waals surface area contributed by atoms with Crippen LogP contribution in [0.1, 0.15) is 42.2 Å². The molecule has 0 atom stereocenters. The van der Waals surface area contributed by atoms with Crippen molar-refractivity contribution in [2.45, 2.75) is 31.6 Å². The molecule has 0 saturated heterocycles. The number of anilines is 1. The van der Waals surface area contributed by atoms with Crippen molar-refractivity contribution < 1.29 is 14.3 Å². The summed E-state index contributed by atoms with van der Waals surface area (Å²) in [5.74, 6) is -0.523. The maximum absolute atomic E-state index is 12.8. The third-order valence-corrected chi connectivity index (χ3v) is 4.94. The number of carbonyl (C=O) groups excluding carboxylic acids is 2. The van der Waals surface area contributed by atoms with E-state index < -0.39 is 11.4 Å². The summed E-state index contributed by atoms with van der Waals surface area (Å²) < 4.78 is 4.91. The Kier molecular flexibility index (Phi) is 4.43. The molecule has 1 heterocycles. The molecule has 0 spiro atoms. The smallest absolute Gasteiger partial charge is 0.357 e. The number of nitrogens with zero attached hydrogens (tertiary/aromatic N) is 1. The van der Waals surface area contributed by atoms with Crippen molar-refractivity contribution in [1.82, 2.24) is 4.98 Å². The second kappa shape index (κ2) is 6.50. The molecule has 1 fully saturated rings. The van der Waals surface area contributed by atoms with Crippen LogP contribution < -0.4 is 5.32 Å². The van der Waals surface area contributed by atoms with Crippen LogP contribution in [0.25, 0.3) is 0 Å². The van der Waals surface area contributed by atoms with E-state index in [0.717, 1.165) is 24.8 Å². The van der Waals surface area contributed by atoms with Crippen molar-refractivity contribution in [3.05, 3.63) is 47.0 Å². The summed E-state index contributed by atoms with van der Waals surface area (Å²) in [5.41, 5.74) is 0.789. The molecule has 0 unspecified atom stereocenters. The Bertz CT molecular complexity index is 708. The van der Waals surface area contributed by atoms with Crippen molar-refractivity contribution in [2.24, 2.45) is 0 Å². The molecule has 5 nitrogen and oxygen atoms in total. The van der Waals surface area contributed by atoms with E-state index in [0.29, 0.717) is 11.7 Å². The third-order valence-electron chi connectivity index (χ3n) is 4.18. The van der Waals surface area contributed by atoms with Crippen LogP contribution in [-0.2, 0) is 14.9 Å². The predicted octanol–water partition coefficient (Wildman–Crippen LogP) is 3.38. The molecule has 1 aliphatic rings. The maximum Gasteiger partial charge on any atom is 0.357 e. The highest BCUT2D eigenvalue weighted by Crippen LogP contribution is 2.44. The van der Waals surface area contributed by atoms with Gasteiger partial charge in [0.2, 0.25) is 5.91 Å². The Balaban J connectivity index is 1.75. The van der Waals surface area contributed by atoms with Crippen molar-refractivity contribution in [2.75, 3.05) is 11.9 Å². The number of nitrogens with one attached hydrogen (secondary N) is 1. The highest BCUT2D eigenvalue weighted by Gasteiger charge is 2.45. The van der Waals surface area contributed by atoms with Crippen molar-refractivity contribution in [3.63, 3.8) is 0 Å². The van der Waals surface area contributed by atoms with Crippen LogP contribution >= 0.6 is 11.3 Å². The first-order valence-electron chi connectivity index (χ1n) is 7.65. The quantitative estimate of drug-likeness (QED) is 0.853. The molecule has 1 saturated carbocycles. The Hall–Kier alpha value is -2.21. The standard InChI is InChI=1S/C17H18N2O3S/c1-2-22-14(20)13-11-23-16(18-13)19-15(21)17(9-6-10-17)12-7-4-3-5-8-12/h3-5,7-8,11H,2,6,9-10H2,1H3,(H,18,19,21). The largest absolute Gasteiger partial charge is 0.461 e. The fraction of sp³-hybridized carbons (Fsp3) is 0.353. The van der Waals surface area contributed by atoms with Gasteiger partial charge in [-0.25, -0.2) is 9.78 Å². The molecule has 1 N–H and O–H groups in total. The molecule has 1 amide bonds. The van der Waals surface area contributed by atoms with Crippen LogP contribution in [0.4, 0.5) is 5.13 Å². The lowest BCUT2D eigenvalue weighted by atomic mass is 9.64. The molecule has 0 aliphatic heterocycles. The van der Waals surface area contributed by atoms with Gasteiger partial charge >= 0.3 is 5.97 Å². The van der Waals surface area contributed by atoms with E-state index in [1.54, 1.807) is 12.3 Å². The lowest BCUT2D eigenvalue weighted by Crippen LogP contribution is -2.45. The topological polar surface area (TPSA) is 68.3 Å². The van der Waals surface area contributed by atoms with Crippen LogP contribution in [-0.4, -0.2) is 23.5 Å². The molecule has 6 heteroatoms. The molecule has 1 aliphatic carbocycles. The molecule has 23 heavy (non-hydrogen) atoms. The fourth-order valence-corrected chi connectivity index (χ4v) is 3.46. The minimum absolute atomic E-state index is 0.0558. The summed E-state index contributed by atoms with van der Waals surface area (Å²) in [7, 11) is 0. The minimum atomic E-state index is -0.475. The Morgan fingerprint density at radius 2 is 2.04 bits per heavy atom. The second-order valence-corrected chi connectivity index (χ2v) is 6.37. The van der Waals surface area contributed by atoms with Gasteiger partial charge in [-0.05, 0) is 25.3 Å². The number of esters is 1. The van der Waals surface area contributed by atoms with Crippen molar-refractivity contribution in [3.8, 4) is 0 Å². The highest BCUT2D eigenvalue weighted by molar-refractivity contribution is 7.14. The molecule has 2 aromatic rings. The molecule has 1 aromatic heterocycles. The van der Waals surface area contributed by atoms with E-state index in [-0.39, 0.29) is 11.6 Å². The van der Waals surface area contributed by atoms with E-state index in [1.807, 2.05) is 30.3 Å². The average molecular weight is 330 g/mol. The van der Waals surface area contributed by atoms with Crippen LogP contribution in [0.2, 0.25) is 0 Å². The summed E-state index contributed by atoms with van der Waals surface area (Å²) in [4.78, 5) is 28.5. The first-order chi connectivity index (χ1) is 11.2. The first-order valence-corrected chi connectivity index (χ1v) is 8.53. The number of hydrogen-bond donors (Lipinski definition) is 1. The molecular formula is C17H18N2O3S. The molecule has 3 rings (SSSR count). The van der Waals surface area contributed by atoms with Crippen LogP contribution in [0, 0.1) is 0 Å². The van der Waals surface area contributed by atoms with E-state index in [2.05, 4.69) is 10.3 Å². The summed E-state index contributed by atoms with van der Waals surface area (Å²) in [6.07, 6.45) is 2.70. The van der Waals surface area contributed by atoms with E-state index >= 15 is 0 Å². The Labute approximate surface area is 138 Å². The lowest BCUT2D eigenvalue weighted by molar-refractivity contribution is -0.124. The average Bonchev–Trinajstić information content (AvgIpc) is 2.96. The van der Waals surface area contributed by atoms with Crippen LogP contribution in [0.5, 0.6) is 0 Å². The molecule has 0 bridgehead atoms. The number of benzene rings is 1. The van der Waals surface area contributed by atoms with Gasteiger partial charge in [0.15, 0.2) is 10.8 Å². The molecule has 0 radical (unpaired) electrons. The molecular weight excluding hydrogens is 312 g/mol. The summed E-state index contributed by atoms with van der Waals surface area (Å²) in [5, 5.41) is 4.89. The number of hydrogen-bond acceptors (Lipinski definition) is 5. The second-order valence-electron chi connectivity index (χ2n) is 5.51. The van der Waals surface area contributed by atoms with Gasteiger partial charge in [-0.15, -0.1) is 11.3 Å². The number of thiazole rings is 1. The van der Waals surface area contributed by atoms with Gasteiger partial charge in [-0.2, -0.15) is 0 Å². The number of aromatic nitrogens is 1. The zero-order chi connectivity index (χ0) is 16.3. The van der Waals surface area contributed by atoms with Crippen LogP contribution in [0.15, 0.2) is 35.7 Å². The maximum atomic E-state index is 12.8. The predicted molar refractivity (Wildman–Crippen MR) is 88.7 cm³/mol. The van der Waals surface area contributed by atoms with E-state index in [9.17, 15) is 9.59 Å². The van der Waals surface area contributed by atoms with Gasteiger partial charge in [0.05, 0.1) is 12.0 Å². The van der Waals surface area contributed by atoms with Gasteiger partial charge < -0.3 is 10.1 Å². The third kappa shape index (κ3) is 2.99. The number of rotatable bonds is 5. The molecule has 120 valence electrons. The summed E-state index contributed by atoms with van der Waals surface area (Å²) in [6.45, 7) is 2.04. The van der Waals surface area contributed by atoms with E-state index in [4.69, 9.17) is 4.74 Å². The number of ether oxygens (including phenoxy) is 1. The fourth-order valence-electron chi connectivity index (χ4n) is 2.78. The van der Waals surface area contributed by atoms with Gasteiger partial charge in [0.1, 0.15) is 0 Å². The first kappa shape index (κ1) is 15.7. The van der Waals surface area contributed by atoms with Gasteiger partial charge in [-0.3, -0.25) is 4.79 Å². The number of carbonyl (C=O) groups is 2. The van der Waals surface area contributed by atoms with Gasteiger partial charge in [-0.1, -0.05) is 36.8 Å². The summed E-state index contributed by atoms with van der Waals surface area (Å²) >= 11 is 1.23. The molecule has 1 aromatic carbocycles.